The Kier molecular flexibility index (Phi) is 4.32. The molecule has 2 N–H and O–H groups in total. The predicted octanol–water partition coefficient (Wildman–Crippen LogP) is 3.34. The van der Waals surface area contributed by atoms with Crippen LogP contribution in [0.5, 0.6) is 0 Å². The third kappa shape index (κ3) is 3.01. The quantitative estimate of drug-likeness (QED) is 0.883. The van der Waals surface area contributed by atoms with Crippen LogP contribution in [-0.2, 0) is 0 Å². The molecule has 2 nitrogen and oxygen atoms in total. The summed E-state index contributed by atoms with van der Waals surface area (Å²) in [5.41, 5.74) is 11.8. The van der Waals surface area contributed by atoms with Crippen molar-refractivity contribution in [2.45, 2.75) is 53.1 Å². The molecule has 19 heavy (non-hydrogen) atoms. The fraction of sp³-hybridized carbons (Fsp3) is 0.647. The van der Waals surface area contributed by atoms with Crippen molar-refractivity contribution in [2.75, 3.05) is 13.1 Å². The van der Waals surface area contributed by atoms with Crippen LogP contribution < -0.4 is 5.73 Å². The highest BCUT2D eigenvalue weighted by atomic mass is 15.2. The van der Waals surface area contributed by atoms with Gasteiger partial charge in [0, 0.05) is 25.2 Å². The van der Waals surface area contributed by atoms with Crippen LogP contribution in [0, 0.1) is 26.7 Å². The van der Waals surface area contributed by atoms with Gasteiger partial charge in [0.05, 0.1) is 0 Å². The number of nitrogens with zero attached hydrogens (tertiary/aromatic N) is 1. The van der Waals surface area contributed by atoms with Crippen LogP contribution in [0.15, 0.2) is 12.1 Å². The first-order chi connectivity index (χ1) is 8.90. The summed E-state index contributed by atoms with van der Waals surface area (Å²) in [6.07, 6.45) is 1.12. The summed E-state index contributed by atoms with van der Waals surface area (Å²) in [6.45, 7) is 13.5. The fourth-order valence-corrected chi connectivity index (χ4v) is 3.58. The molecular weight excluding hydrogens is 232 g/mol. The molecule has 0 spiro atoms. The molecule has 0 bridgehead atoms. The van der Waals surface area contributed by atoms with Gasteiger partial charge in [0.15, 0.2) is 0 Å². The minimum Gasteiger partial charge on any atom is -0.327 e. The fourth-order valence-electron chi connectivity index (χ4n) is 3.58. The first-order valence-electron chi connectivity index (χ1n) is 7.47. The molecule has 3 atom stereocenters. The number of hydrogen-bond donors (Lipinski definition) is 1. The van der Waals surface area contributed by atoms with Crippen LogP contribution in [0.4, 0.5) is 0 Å². The van der Waals surface area contributed by atoms with Gasteiger partial charge in [-0.05, 0) is 56.7 Å². The number of rotatable bonds is 2. The maximum atomic E-state index is 6.13. The zero-order chi connectivity index (χ0) is 14.2. The number of hydrogen-bond acceptors (Lipinski definition) is 2. The Hall–Kier alpha value is -0.860. The van der Waals surface area contributed by atoms with Crippen LogP contribution in [0.1, 0.15) is 48.6 Å². The average molecular weight is 260 g/mol. The average Bonchev–Trinajstić information content (AvgIpc) is 2.31. The minimum absolute atomic E-state index is 0.378. The molecule has 2 rings (SSSR count). The van der Waals surface area contributed by atoms with Gasteiger partial charge in [-0.3, -0.25) is 4.90 Å². The van der Waals surface area contributed by atoms with Crippen molar-refractivity contribution < 1.29 is 0 Å². The summed E-state index contributed by atoms with van der Waals surface area (Å²) >= 11 is 0. The lowest BCUT2D eigenvalue weighted by atomic mass is 9.89. The third-order valence-electron chi connectivity index (χ3n) is 4.71. The molecule has 1 aromatic carbocycles. The minimum atomic E-state index is 0.378. The van der Waals surface area contributed by atoms with Gasteiger partial charge >= 0.3 is 0 Å². The van der Waals surface area contributed by atoms with Gasteiger partial charge in [0.2, 0.25) is 0 Å². The zero-order valence-corrected chi connectivity index (χ0v) is 13.0. The highest BCUT2D eigenvalue weighted by Gasteiger charge is 2.27. The second-order valence-electron chi connectivity index (χ2n) is 6.41. The van der Waals surface area contributed by atoms with Gasteiger partial charge in [0.25, 0.3) is 0 Å². The molecule has 3 unspecified atom stereocenters. The lowest BCUT2D eigenvalue weighted by Gasteiger charge is -2.39. The van der Waals surface area contributed by atoms with Crippen molar-refractivity contribution in [1.29, 1.82) is 0 Å². The molecule has 0 radical (unpaired) electrons. The molecule has 1 aromatic rings. The smallest absolute Gasteiger partial charge is 0.0325 e. The lowest BCUT2D eigenvalue weighted by molar-refractivity contribution is 0.123. The van der Waals surface area contributed by atoms with Crippen LogP contribution in [0.3, 0.4) is 0 Å². The Morgan fingerprint density at radius 1 is 1.21 bits per heavy atom. The van der Waals surface area contributed by atoms with Crippen molar-refractivity contribution in [1.82, 2.24) is 4.90 Å². The second-order valence-corrected chi connectivity index (χ2v) is 6.41. The Balaban J connectivity index is 2.23. The third-order valence-corrected chi connectivity index (χ3v) is 4.71. The van der Waals surface area contributed by atoms with Crippen molar-refractivity contribution in [3.63, 3.8) is 0 Å². The monoisotopic (exact) mass is 260 g/mol. The zero-order valence-electron chi connectivity index (χ0n) is 13.0. The highest BCUT2D eigenvalue weighted by Crippen LogP contribution is 2.30. The topological polar surface area (TPSA) is 29.3 Å². The summed E-state index contributed by atoms with van der Waals surface area (Å²) in [5.74, 6) is 0.599. The van der Waals surface area contributed by atoms with Gasteiger partial charge in [-0.1, -0.05) is 24.6 Å². The van der Waals surface area contributed by atoms with E-state index in [9.17, 15) is 0 Å². The van der Waals surface area contributed by atoms with E-state index in [4.69, 9.17) is 5.73 Å². The molecule has 1 aliphatic heterocycles. The summed E-state index contributed by atoms with van der Waals surface area (Å²) < 4.78 is 0. The summed E-state index contributed by atoms with van der Waals surface area (Å²) in [7, 11) is 0. The van der Waals surface area contributed by atoms with Crippen molar-refractivity contribution in [2.24, 2.45) is 11.7 Å². The van der Waals surface area contributed by atoms with Crippen molar-refractivity contribution >= 4 is 0 Å². The summed E-state index contributed by atoms with van der Waals surface area (Å²) in [5, 5.41) is 0. The molecule has 2 heteroatoms. The van der Waals surface area contributed by atoms with E-state index in [0.29, 0.717) is 18.0 Å². The molecule has 106 valence electrons. The largest absolute Gasteiger partial charge is 0.327 e. The van der Waals surface area contributed by atoms with E-state index >= 15 is 0 Å². The number of piperidine rings is 1. The molecule has 1 aliphatic rings. The maximum absolute atomic E-state index is 6.13. The normalized spacial score (nSPS) is 26.4. The first-order valence-corrected chi connectivity index (χ1v) is 7.47. The van der Waals surface area contributed by atoms with Crippen LogP contribution in [0.25, 0.3) is 0 Å². The molecule has 1 fully saturated rings. The van der Waals surface area contributed by atoms with Crippen LogP contribution in [-0.4, -0.2) is 24.0 Å². The lowest BCUT2D eigenvalue weighted by Crippen LogP contribution is -2.46. The van der Waals surface area contributed by atoms with Crippen LogP contribution in [0.2, 0.25) is 0 Å². The Labute approximate surface area is 118 Å². The molecule has 1 heterocycles. The number of nitrogens with two attached hydrogens (primary N) is 1. The molecule has 0 aromatic heterocycles. The highest BCUT2D eigenvalue weighted by molar-refractivity contribution is 5.39. The summed E-state index contributed by atoms with van der Waals surface area (Å²) in [6, 6.07) is 5.48. The number of benzene rings is 1. The van der Waals surface area contributed by atoms with E-state index in [2.05, 4.69) is 51.7 Å². The first kappa shape index (κ1) is 14.5. The number of aryl methyl sites for hydroxylation is 3. The van der Waals surface area contributed by atoms with Gasteiger partial charge in [-0.25, -0.2) is 0 Å². The van der Waals surface area contributed by atoms with Crippen molar-refractivity contribution in [3.05, 3.63) is 34.4 Å². The molecule has 1 saturated heterocycles. The molecule has 0 aliphatic carbocycles. The van der Waals surface area contributed by atoms with Crippen molar-refractivity contribution in [3.8, 4) is 0 Å². The Morgan fingerprint density at radius 3 is 2.32 bits per heavy atom. The maximum Gasteiger partial charge on any atom is 0.0325 e. The van der Waals surface area contributed by atoms with Gasteiger partial charge in [-0.2, -0.15) is 0 Å². The second kappa shape index (κ2) is 5.64. The Morgan fingerprint density at radius 2 is 1.79 bits per heavy atom. The molecule has 0 saturated carbocycles. The standard InChI is InChI=1S/C17H28N2/c1-11-8-12(2)17(13(3)9-11)15(5)19-7-6-16(18)14(4)10-19/h8-9,14-16H,6-7,10,18H2,1-5H3. The van der Waals surface area contributed by atoms with E-state index in [1.807, 2.05) is 0 Å². The SMILES string of the molecule is Cc1cc(C)c(C(C)N2CCC(N)C(C)C2)c(C)c1. The summed E-state index contributed by atoms with van der Waals surface area (Å²) in [4.78, 5) is 2.60. The van der Waals surface area contributed by atoms with E-state index in [1.165, 1.54) is 22.3 Å². The molecule has 0 amide bonds. The van der Waals surface area contributed by atoms with Gasteiger partial charge in [-0.15, -0.1) is 0 Å². The predicted molar refractivity (Wildman–Crippen MR) is 82.4 cm³/mol. The molecular formula is C17H28N2. The van der Waals surface area contributed by atoms with E-state index in [1.54, 1.807) is 0 Å². The van der Waals surface area contributed by atoms with E-state index in [-0.39, 0.29) is 0 Å². The van der Waals surface area contributed by atoms with Crippen LogP contribution >= 0.6 is 0 Å². The van der Waals surface area contributed by atoms with Gasteiger partial charge < -0.3 is 5.73 Å². The number of likely N-dealkylation sites (tertiary alicyclic amines) is 1. The van der Waals surface area contributed by atoms with E-state index < -0.39 is 0 Å². The Bertz CT molecular complexity index is 430. The van der Waals surface area contributed by atoms with E-state index in [0.717, 1.165) is 19.5 Å². The van der Waals surface area contributed by atoms with Gasteiger partial charge in [0.1, 0.15) is 0 Å².